The average molecular weight is 703 g/mol. The Labute approximate surface area is 299 Å². The molecule has 1 aliphatic rings. The van der Waals surface area contributed by atoms with Gasteiger partial charge in [0.15, 0.2) is 0 Å². The summed E-state index contributed by atoms with van der Waals surface area (Å²) in [7, 11) is 1.69. The van der Waals surface area contributed by atoms with Gasteiger partial charge in [-0.25, -0.2) is 9.59 Å². The van der Waals surface area contributed by atoms with Crippen molar-refractivity contribution in [2.45, 2.75) is 84.2 Å². The number of ether oxygens (including phenoxy) is 1. The number of likely N-dealkylation sites (N-methyl/N-ethyl adjacent to an activating group) is 1. The van der Waals surface area contributed by atoms with Gasteiger partial charge < -0.3 is 30.7 Å². The fourth-order valence-electron chi connectivity index (χ4n) is 5.69. The number of allylic oxidation sites excluding steroid dienone is 1. The highest BCUT2D eigenvalue weighted by atomic mass is 32.1. The van der Waals surface area contributed by atoms with Gasteiger partial charge in [-0.05, 0) is 42.2 Å². The Balaban J connectivity index is 1.46. The number of rotatable bonds is 17. The van der Waals surface area contributed by atoms with Gasteiger partial charge in [-0.1, -0.05) is 94.4 Å². The van der Waals surface area contributed by atoms with Crippen LogP contribution in [0.2, 0.25) is 0 Å². The van der Waals surface area contributed by atoms with Crippen molar-refractivity contribution in [1.29, 1.82) is 0 Å². The van der Waals surface area contributed by atoms with Crippen LogP contribution in [0.1, 0.15) is 56.5 Å². The normalized spacial score (nSPS) is 15.0. The molecule has 4 N–H and O–H groups in total. The maximum absolute atomic E-state index is 13.9. The molecule has 2 heterocycles. The van der Waals surface area contributed by atoms with E-state index in [1.165, 1.54) is 16.2 Å². The largest absolute Gasteiger partial charge is 0.444 e. The lowest BCUT2D eigenvalue weighted by Gasteiger charge is -2.30. The maximum Gasteiger partial charge on any atom is 0.407 e. The molecule has 1 aromatic heterocycles. The lowest BCUT2D eigenvalue weighted by atomic mass is 9.93. The number of thiazole rings is 1. The summed E-state index contributed by atoms with van der Waals surface area (Å²) in [6.45, 7) is 8.35. The third kappa shape index (κ3) is 12.1. The number of urea groups is 1. The minimum atomic E-state index is -1.05. The molecule has 4 atom stereocenters. The zero-order chi connectivity index (χ0) is 36.0. The number of aromatic nitrogens is 1. The zero-order valence-corrected chi connectivity index (χ0v) is 30.4. The van der Waals surface area contributed by atoms with Crippen molar-refractivity contribution in [3.05, 3.63) is 100 Å². The lowest BCUT2D eigenvalue weighted by Crippen LogP contribution is -2.56. The second kappa shape index (κ2) is 19.0. The minimum absolute atomic E-state index is 0.0681. The molecule has 268 valence electrons. The smallest absolute Gasteiger partial charge is 0.407 e. The van der Waals surface area contributed by atoms with Crippen molar-refractivity contribution in [2.75, 3.05) is 13.6 Å². The minimum Gasteiger partial charge on any atom is -0.444 e. The van der Waals surface area contributed by atoms with Gasteiger partial charge in [-0.15, -0.1) is 11.3 Å². The standard InChI is InChI=1S/C38H50N6O5S/c1-25(2)32-17-16-29(40-32)22-44(5)37(47)43-35(26(3)4)36(46)41-30(18-27-12-8-6-9-13-27)20-34(45)33(19-28-14-10-7-11-15-28)42-38(48)49-23-31-21-39-24-50-31/h6-16,21,24-26,30,33-35,45H,17-20,22-23H2,1-5H3,(H,41,46)(H,42,48)(H,43,47)/t30-,33-,34+,35+/m1/s1. The van der Waals surface area contributed by atoms with Crippen LogP contribution in [0.5, 0.6) is 0 Å². The Morgan fingerprint density at radius 2 is 1.60 bits per heavy atom. The number of nitrogens with zero attached hydrogens (tertiary/aromatic N) is 3. The summed E-state index contributed by atoms with van der Waals surface area (Å²) in [6, 6.07) is 16.8. The highest BCUT2D eigenvalue weighted by Gasteiger charge is 2.31. The molecular weight excluding hydrogens is 653 g/mol. The molecule has 0 spiro atoms. The van der Waals surface area contributed by atoms with Crippen molar-refractivity contribution >= 4 is 35.1 Å². The Hall–Kier alpha value is -4.55. The number of benzene rings is 2. The van der Waals surface area contributed by atoms with E-state index in [9.17, 15) is 19.5 Å². The van der Waals surface area contributed by atoms with Crippen LogP contribution >= 0.6 is 11.3 Å². The summed E-state index contributed by atoms with van der Waals surface area (Å²) >= 11 is 1.38. The van der Waals surface area contributed by atoms with E-state index in [2.05, 4.69) is 39.8 Å². The molecule has 3 aromatic rings. The second-order valence-electron chi connectivity index (χ2n) is 13.4. The number of amides is 4. The van der Waals surface area contributed by atoms with Gasteiger partial charge in [0.05, 0.1) is 34.8 Å². The number of carbonyl (C=O) groups excluding carboxylic acids is 3. The molecule has 0 fully saturated rings. The van der Waals surface area contributed by atoms with Crippen molar-refractivity contribution in [2.24, 2.45) is 16.8 Å². The van der Waals surface area contributed by atoms with Crippen molar-refractivity contribution in [1.82, 2.24) is 25.8 Å². The number of aliphatic imine (C=N–C) groups is 1. The second-order valence-corrected chi connectivity index (χ2v) is 14.3. The number of aliphatic hydroxyl groups excluding tert-OH is 1. The molecule has 0 saturated carbocycles. The predicted molar refractivity (Wildman–Crippen MR) is 197 cm³/mol. The number of alkyl carbamates (subject to hydrolysis) is 1. The first-order valence-electron chi connectivity index (χ1n) is 17.1. The summed E-state index contributed by atoms with van der Waals surface area (Å²) in [4.78, 5) is 51.0. The molecule has 2 aromatic carbocycles. The molecule has 12 heteroatoms. The summed E-state index contributed by atoms with van der Waals surface area (Å²) in [5.74, 6) is -0.231. The molecule has 50 heavy (non-hydrogen) atoms. The van der Waals surface area contributed by atoms with Gasteiger partial charge in [-0.3, -0.25) is 14.8 Å². The summed E-state index contributed by atoms with van der Waals surface area (Å²) in [5.41, 5.74) is 5.49. The Morgan fingerprint density at radius 3 is 2.18 bits per heavy atom. The number of hydrogen-bond donors (Lipinski definition) is 4. The van der Waals surface area contributed by atoms with E-state index in [4.69, 9.17) is 4.74 Å². The summed E-state index contributed by atoms with van der Waals surface area (Å²) in [5, 5.41) is 20.5. The molecule has 0 aliphatic carbocycles. The topological polar surface area (TPSA) is 145 Å². The van der Waals surface area contributed by atoms with E-state index >= 15 is 0 Å². The van der Waals surface area contributed by atoms with Gasteiger partial charge in [0, 0.05) is 31.4 Å². The first-order valence-corrected chi connectivity index (χ1v) is 18.0. The highest BCUT2D eigenvalue weighted by Crippen LogP contribution is 2.18. The van der Waals surface area contributed by atoms with Crippen LogP contribution in [-0.2, 0) is 29.0 Å². The van der Waals surface area contributed by atoms with Gasteiger partial charge in [0.2, 0.25) is 5.91 Å². The molecule has 0 bridgehead atoms. The number of hydrogen-bond acceptors (Lipinski definition) is 8. The highest BCUT2D eigenvalue weighted by molar-refractivity contribution is 7.09. The molecular formula is C38H50N6O5S. The third-order valence-corrected chi connectivity index (χ3v) is 9.32. The van der Waals surface area contributed by atoms with Gasteiger partial charge >= 0.3 is 12.1 Å². The SMILES string of the molecule is CC(C)C1=NC(CN(C)C(=O)N[C@H](C(=O)N[C@H](Cc2ccccc2)C[C@H](O)[C@@H](Cc2ccccc2)NC(=O)OCc2cncs2)C(C)C)=CC1. The number of nitrogens with one attached hydrogen (secondary N) is 3. The van der Waals surface area contributed by atoms with Crippen molar-refractivity contribution in [3.63, 3.8) is 0 Å². The van der Waals surface area contributed by atoms with E-state index in [-0.39, 0.29) is 30.9 Å². The number of carbonyl (C=O) groups is 3. The van der Waals surface area contributed by atoms with Crippen LogP contribution in [0.3, 0.4) is 0 Å². The fourth-order valence-corrected chi connectivity index (χ4v) is 6.19. The first kappa shape index (κ1) is 38.3. The summed E-state index contributed by atoms with van der Waals surface area (Å²) < 4.78 is 5.43. The van der Waals surface area contributed by atoms with E-state index in [1.54, 1.807) is 18.8 Å². The van der Waals surface area contributed by atoms with Gasteiger partial charge in [0.25, 0.3) is 0 Å². The molecule has 4 amide bonds. The Bertz CT molecular complexity index is 1580. The molecule has 0 saturated heterocycles. The average Bonchev–Trinajstić information content (AvgIpc) is 3.79. The van der Waals surface area contributed by atoms with Gasteiger partial charge in [-0.2, -0.15) is 0 Å². The summed E-state index contributed by atoms with van der Waals surface area (Å²) in [6.07, 6.45) is 3.66. The predicted octanol–water partition coefficient (Wildman–Crippen LogP) is 5.51. The Morgan fingerprint density at radius 1 is 0.940 bits per heavy atom. The van der Waals surface area contributed by atoms with Crippen LogP contribution < -0.4 is 16.0 Å². The molecule has 11 nitrogen and oxygen atoms in total. The Kier molecular flexibility index (Phi) is 14.5. The number of aliphatic hydroxyl groups is 1. The van der Waals surface area contributed by atoms with Crippen LogP contribution in [-0.4, -0.2) is 76.6 Å². The van der Waals surface area contributed by atoms with Crippen molar-refractivity contribution < 1.29 is 24.2 Å². The van der Waals surface area contributed by atoms with Crippen LogP contribution in [0.4, 0.5) is 9.59 Å². The quantitative estimate of drug-likeness (QED) is 0.146. The van der Waals surface area contributed by atoms with Crippen LogP contribution in [0.15, 0.2) is 89.1 Å². The van der Waals surface area contributed by atoms with Gasteiger partial charge in [0.1, 0.15) is 12.6 Å². The molecule has 1 aliphatic heterocycles. The lowest BCUT2D eigenvalue weighted by molar-refractivity contribution is -0.124. The molecule has 0 radical (unpaired) electrons. The monoisotopic (exact) mass is 702 g/mol. The maximum atomic E-state index is 13.9. The third-order valence-electron chi connectivity index (χ3n) is 8.57. The van der Waals surface area contributed by atoms with Crippen LogP contribution in [0.25, 0.3) is 0 Å². The van der Waals surface area contributed by atoms with Crippen LogP contribution in [0, 0.1) is 11.8 Å². The zero-order valence-electron chi connectivity index (χ0n) is 29.5. The molecule has 4 rings (SSSR count). The first-order chi connectivity index (χ1) is 24.0. The van der Waals surface area contributed by atoms with E-state index < -0.39 is 30.3 Å². The van der Waals surface area contributed by atoms with Crippen molar-refractivity contribution in [3.8, 4) is 0 Å². The van der Waals surface area contributed by atoms with E-state index in [0.717, 1.165) is 33.8 Å². The van der Waals surface area contributed by atoms with E-state index in [1.807, 2.05) is 80.6 Å². The van der Waals surface area contributed by atoms with E-state index in [0.29, 0.717) is 25.3 Å². The molecule has 0 unspecified atom stereocenters. The fraction of sp³-hybridized carbons (Fsp3) is 0.447.